The van der Waals surface area contributed by atoms with Crippen molar-refractivity contribution >= 4 is 6.21 Å². The highest BCUT2D eigenvalue weighted by atomic mass is 16.7. The van der Waals surface area contributed by atoms with Gasteiger partial charge in [-0.25, -0.2) is 10.1 Å². The summed E-state index contributed by atoms with van der Waals surface area (Å²) in [6.07, 6.45) is 1.97. The molecule has 1 aliphatic heterocycles. The van der Waals surface area contributed by atoms with Gasteiger partial charge >= 0.3 is 0 Å². The van der Waals surface area contributed by atoms with Crippen LogP contribution in [0.2, 0.25) is 0 Å². The molecule has 1 atom stereocenters. The van der Waals surface area contributed by atoms with Crippen LogP contribution in [0.1, 0.15) is 0 Å². The molecule has 0 saturated heterocycles. The zero-order chi connectivity index (χ0) is 8.27. The maximum Gasteiger partial charge on any atom is 0.248 e. The van der Waals surface area contributed by atoms with E-state index in [1.165, 1.54) is 31.7 Å². The molecule has 0 aliphatic carbocycles. The smallest absolute Gasteiger partial charge is 0.248 e. The summed E-state index contributed by atoms with van der Waals surface area (Å²) in [5, 5.41) is 10.3. The van der Waals surface area contributed by atoms with Crippen molar-refractivity contribution in [3.63, 3.8) is 0 Å². The van der Waals surface area contributed by atoms with E-state index < -0.39 is 6.35 Å². The second-order valence-electron chi connectivity index (χ2n) is 1.90. The lowest BCUT2D eigenvalue weighted by Gasteiger charge is -2.23. The van der Waals surface area contributed by atoms with E-state index in [1.807, 2.05) is 0 Å². The zero-order valence-corrected chi connectivity index (χ0v) is 6.39. The normalized spacial score (nSPS) is 23.4. The summed E-state index contributed by atoms with van der Waals surface area (Å²) in [4.78, 5) is 8.42. The van der Waals surface area contributed by atoms with E-state index in [1.54, 1.807) is 0 Å². The fraction of sp³-hybridized carbons (Fsp3) is 0.500. The number of hydrogen-bond donors (Lipinski definition) is 1. The SMILES string of the molecule is COC1=CN(OC)C(O)N=C1. The van der Waals surface area contributed by atoms with Crippen molar-refractivity contribution in [3.05, 3.63) is 12.0 Å². The van der Waals surface area contributed by atoms with Gasteiger partial charge < -0.3 is 9.84 Å². The Morgan fingerprint density at radius 3 is 2.91 bits per heavy atom. The van der Waals surface area contributed by atoms with E-state index in [0.29, 0.717) is 5.76 Å². The number of nitrogens with zero attached hydrogens (tertiary/aromatic N) is 2. The van der Waals surface area contributed by atoms with Gasteiger partial charge in [-0.3, -0.25) is 4.84 Å². The Hall–Kier alpha value is -1.07. The summed E-state index contributed by atoms with van der Waals surface area (Å²) in [6.45, 7) is 0. The third-order valence-electron chi connectivity index (χ3n) is 1.26. The van der Waals surface area contributed by atoms with Crippen LogP contribution in [-0.4, -0.2) is 37.0 Å². The van der Waals surface area contributed by atoms with Crippen LogP contribution in [0.25, 0.3) is 0 Å². The Balaban J connectivity index is 2.67. The molecule has 0 saturated carbocycles. The number of rotatable bonds is 2. The van der Waals surface area contributed by atoms with Crippen molar-refractivity contribution in [2.45, 2.75) is 6.35 Å². The van der Waals surface area contributed by atoms with Gasteiger partial charge in [0.25, 0.3) is 0 Å². The monoisotopic (exact) mass is 158 g/mol. The lowest BCUT2D eigenvalue weighted by molar-refractivity contribution is -0.184. The van der Waals surface area contributed by atoms with Crippen molar-refractivity contribution in [2.24, 2.45) is 4.99 Å². The molecule has 1 heterocycles. The zero-order valence-electron chi connectivity index (χ0n) is 6.39. The van der Waals surface area contributed by atoms with E-state index in [9.17, 15) is 0 Å². The number of hydrogen-bond acceptors (Lipinski definition) is 5. The molecular formula is C6H10N2O3. The molecule has 0 spiro atoms. The quantitative estimate of drug-likeness (QED) is 0.599. The molecule has 1 N–H and O–H groups in total. The summed E-state index contributed by atoms with van der Waals surface area (Å²) >= 11 is 0. The van der Waals surface area contributed by atoms with Gasteiger partial charge in [0, 0.05) is 0 Å². The molecule has 1 rings (SSSR count). The molecule has 62 valence electrons. The van der Waals surface area contributed by atoms with E-state index in [2.05, 4.69) is 4.99 Å². The molecule has 0 aromatic rings. The van der Waals surface area contributed by atoms with Crippen LogP contribution in [-0.2, 0) is 9.57 Å². The Kier molecular flexibility index (Phi) is 2.45. The van der Waals surface area contributed by atoms with Crippen LogP contribution in [0, 0.1) is 0 Å². The molecule has 0 bridgehead atoms. The van der Waals surface area contributed by atoms with Crippen molar-refractivity contribution in [3.8, 4) is 0 Å². The predicted octanol–water partition coefficient (Wildman–Crippen LogP) is -0.302. The van der Waals surface area contributed by atoms with Gasteiger partial charge in [0.1, 0.15) is 0 Å². The van der Waals surface area contributed by atoms with Crippen molar-refractivity contribution < 1.29 is 14.7 Å². The Bertz CT molecular complexity index is 190. The molecule has 0 radical (unpaired) electrons. The first-order chi connectivity index (χ1) is 5.27. The molecule has 0 aromatic carbocycles. The number of aliphatic hydroxyl groups is 1. The number of allylic oxidation sites excluding steroid dienone is 1. The van der Waals surface area contributed by atoms with Crippen LogP contribution >= 0.6 is 0 Å². The van der Waals surface area contributed by atoms with Crippen molar-refractivity contribution in [2.75, 3.05) is 14.2 Å². The van der Waals surface area contributed by atoms with Gasteiger partial charge in [-0.2, -0.15) is 0 Å². The highest BCUT2D eigenvalue weighted by Gasteiger charge is 2.14. The van der Waals surface area contributed by atoms with Crippen LogP contribution in [0.5, 0.6) is 0 Å². The number of aliphatic hydroxyl groups excluding tert-OH is 1. The van der Waals surface area contributed by atoms with Crippen LogP contribution < -0.4 is 0 Å². The minimum absolute atomic E-state index is 0.539. The third kappa shape index (κ3) is 1.69. The second kappa shape index (κ2) is 3.36. The van der Waals surface area contributed by atoms with Crippen LogP contribution in [0.4, 0.5) is 0 Å². The van der Waals surface area contributed by atoms with Gasteiger partial charge in [-0.1, -0.05) is 0 Å². The van der Waals surface area contributed by atoms with Gasteiger partial charge in [-0.15, -0.1) is 0 Å². The highest BCUT2D eigenvalue weighted by Crippen LogP contribution is 2.07. The topological polar surface area (TPSA) is 54.3 Å². The number of ether oxygens (including phenoxy) is 1. The molecule has 0 aromatic heterocycles. The predicted molar refractivity (Wildman–Crippen MR) is 38.4 cm³/mol. The molecule has 0 amide bonds. The second-order valence-corrected chi connectivity index (χ2v) is 1.90. The Morgan fingerprint density at radius 2 is 2.36 bits per heavy atom. The Labute approximate surface area is 64.5 Å². The first-order valence-electron chi connectivity index (χ1n) is 3.07. The molecule has 1 unspecified atom stereocenters. The van der Waals surface area contributed by atoms with E-state index in [4.69, 9.17) is 14.7 Å². The maximum absolute atomic E-state index is 9.09. The summed E-state index contributed by atoms with van der Waals surface area (Å²) in [5.74, 6) is 0.539. The standard InChI is InChI=1S/C6H10N2O3/c1-10-5-3-7-6(9)8(4-5)11-2/h3-4,6,9H,1-2H3. The van der Waals surface area contributed by atoms with Gasteiger partial charge in [-0.05, 0) is 0 Å². The molecule has 0 fully saturated rings. The number of aliphatic imine (C=N–C) groups is 1. The minimum Gasteiger partial charge on any atom is -0.494 e. The van der Waals surface area contributed by atoms with E-state index in [-0.39, 0.29) is 0 Å². The molecule has 5 nitrogen and oxygen atoms in total. The van der Waals surface area contributed by atoms with Gasteiger partial charge in [0.2, 0.25) is 6.35 Å². The van der Waals surface area contributed by atoms with Crippen LogP contribution in [0.15, 0.2) is 17.0 Å². The lowest BCUT2D eigenvalue weighted by Crippen LogP contribution is -2.31. The summed E-state index contributed by atoms with van der Waals surface area (Å²) < 4.78 is 4.85. The van der Waals surface area contributed by atoms with E-state index >= 15 is 0 Å². The van der Waals surface area contributed by atoms with Gasteiger partial charge in [0.05, 0.1) is 26.6 Å². The summed E-state index contributed by atoms with van der Waals surface area (Å²) in [6, 6.07) is 0. The molecule has 5 heteroatoms. The van der Waals surface area contributed by atoms with Crippen LogP contribution in [0.3, 0.4) is 0 Å². The lowest BCUT2D eigenvalue weighted by atomic mass is 10.5. The highest BCUT2D eigenvalue weighted by molar-refractivity contribution is 5.76. The fourth-order valence-corrected chi connectivity index (χ4v) is 0.684. The van der Waals surface area contributed by atoms with Crippen molar-refractivity contribution in [1.82, 2.24) is 5.06 Å². The number of hydroxylamine groups is 2. The third-order valence-corrected chi connectivity index (χ3v) is 1.26. The first-order valence-corrected chi connectivity index (χ1v) is 3.07. The maximum atomic E-state index is 9.09. The first kappa shape index (κ1) is 8.03. The largest absolute Gasteiger partial charge is 0.494 e. The minimum atomic E-state index is -0.973. The molecule has 11 heavy (non-hydrogen) atoms. The average Bonchev–Trinajstić information content (AvgIpc) is 2.05. The summed E-state index contributed by atoms with van der Waals surface area (Å²) in [7, 11) is 2.96. The van der Waals surface area contributed by atoms with Crippen molar-refractivity contribution in [1.29, 1.82) is 0 Å². The average molecular weight is 158 g/mol. The van der Waals surface area contributed by atoms with E-state index in [0.717, 1.165) is 0 Å². The fourth-order valence-electron chi connectivity index (χ4n) is 0.684. The Morgan fingerprint density at radius 1 is 1.64 bits per heavy atom. The molecular weight excluding hydrogens is 148 g/mol. The van der Waals surface area contributed by atoms with Gasteiger partial charge in [0.15, 0.2) is 5.76 Å². The molecule has 1 aliphatic rings. The number of methoxy groups -OCH3 is 1. The summed E-state index contributed by atoms with van der Waals surface area (Å²) in [5.41, 5.74) is 0.